The lowest BCUT2D eigenvalue weighted by Gasteiger charge is -1.95. The van der Waals surface area contributed by atoms with Crippen LogP contribution in [0.15, 0.2) is 21.5 Å². The minimum absolute atomic E-state index is 0.976. The van der Waals surface area contributed by atoms with Crippen molar-refractivity contribution in [2.75, 3.05) is 0 Å². The summed E-state index contributed by atoms with van der Waals surface area (Å²) in [5, 5.41) is 3.15. The Labute approximate surface area is 59.5 Å². The van der Waals surface area contributed by atoms with Crippen molar-refractivity contribution in [3.8, 4) is 0 Å². The molecule has 2 radical (unpaired) electrons. The van der Waals surface area contributed by atoms with Gasteiger partial charge in [0.15, 0.2) is 0 Å². The van der Waals surface area contributed by atoms with E-state index in [0.717, 1.165) is 9.52 Å². The summed E-state index contributed by atoms with van der Waals surface area (Å²) in [5.74, 6) is 0. The highest BCUT2D eigenvalue weighted by molar-refractivity contribution is 6.55. The first-order chi connectivity index (χ1) is 4.13. The van der Waals surface area contributed by atoms with Crippen molar-refractivity contribution >= 4 is 9.52 Å². The van der Waals surface area contributed by atoms with E-state index >= 15 is 0 Å². The molecule has 9 heavy (non-hydrogen) atoms. The van der Waals surface area contributed by atoms with E-state index in [1.54, 1.807) is 10.4 Å². The highest BCUT2D eigenvalue weighted by Crippen LogP contribution is 2.24. The normalized spacial score (nSPS) is 20.0. The van der Waals surface area contributed by atoms with Gasteiger partial charge in [0.1, 0.15) is 9.52 Å². The minimum atomic E-state index is 0.976. The van der Waals surface area contributed by atoms with Crippen LogP contribution in [0.1, 0.15) is 27.7 Å². The average Bonchev–Trinajstić information content (AvgIpc) is 1.98. The third kappa shape index (κ3) is 1.01. The Balaban J connectivity index is 2.97. The predicted octanol–water partition coefficient (Wildman–Crippen LogP) is 2.29. The SMILES string of the molecule is CC1=C(C)C(C)=C(C)[Si]1. The van der Waals surface area contributed by atoms with Crippen LogP contribution < -0.4 is 0 Å². The van der Waals surface area contributed by atoms with Crippen molar-refractivity contribution in [3.63, 3.8) is 0 Å². The van der Waals surface area contributed by atoms with Gasteiger partial charge in [-0.3, -0.25) is 0 Å². The molecular formula is C8H12Si. The molecule has 0 saturated heterocycles. The molecule has 0 aromatic rings. The highest BCUT2D eigenvalue weighted by Gasteiger charge is 2.11. The molecule has 0 nitrogen and oxygen atoms in total. The molecule has 0 fully saturated rings. The zero-order valence-electron chi connectivity index (χ0n) is 6.50. The number of rotatable bonds is 0. The van der Waals surface area contributed by atoms with Crippen LogP contribution in [0.4, 0.5) is 0 Å². The Bertz CT molecular complexity index is 175. The molecule has 1 aliphatic heterocycles. The summed E-state index contributed by atoms with van der Waals surface area (Å²) in [6, 6.07) is 0. The summed E-state index contributed by atoms with van der Waals surface area (Å²) in [6.45, 7) is 8.89. The Morgan fingerprint density at radius 3 is 1.22 bits per heavy atom. The standard InChI is InChI=1S/C8H12Si/c1-5-6(2)8(4)9-7(5)3/h1-4H3. The molecular weight excluding hydrogens is 124 g/mol. The molecule has 1 heterocycles. The first-order valence-electron chi connectivity index (χ1n) is 3.25. The van der Waals surface area contributed by atoms with Crippen molar-refractivity contribution in [2.24, 2.45) is 0 Å². The maximum absolute atomic E-state index is 2.23. The molecule has 1 rings (SSSR count). The fraction of sp³-hybridized carbons (Fsp3) is 0.500. The van der Waals surface area contributed by atoms with Crippen LogP contribution in [0.2, 0.25) is 0 Å². The molecule has 0 aromatic heterocycles. The zero-order valence-corrected chi connectivity index (χ0v) is 7.50. The van der Waals surface area contributed by atoms with Gasteiger partial charge in [-0.2, -0.15) is 0 Å². The van der Waals surface area contributed by atoms with Crippen LogP contribution in [0.5, 0.6) is 0 Å². The van der Waals surface area contributed by atoms with Crippen LogP contribution in [-0.2, 0) is 0 Å². The summed E-state index contributed by atoms with van der Waals surface area (Å²) in [4.78, 5) is 0. The van der Waals surface area contributed by atoms with Crippen LogP contribution in [-0.4, -0.2) is 9.52 Å². The van der Waals surface area contributed by atoms with Crippen molar-refractivity contribution < 1.29 is 0 Å². The highest BCUT2D eigenvalue weighted by atomic mass is 28.2. The third-order valence-electron chi connectivity index (χ3n) is 2.06. The van der Waals surface area contributed by atoms with Gasteiger partial charge >= 0.3 is 0 Å². The Morgan fingerprint density at radius 2 is 1.11 bits per heavy atom. The molecule has 0 N–H and O–H groups in total. The quantitative estimate of drug-likeness (QED) is 0.448. The monoisotopic (exact) mass is 136 g/mol. The number of hydrogen-bond donors (Lipinski definition) is 0. The summed E-state index contributed by atoms with van der Waals surface area (Å²) in [7, 11) is 0.976. The molecule has 0 bridgehead atoms. The minimum Gasteiger partial charge on any atom is -0.0797 e. The second-order valence-corrected chi connectivity index (χ2v) is 4.38. The van der Waals surface area contributed by atoms with E-state index in [-0.39, 0.29) is 0 Å². The third-order valence-corrected chi connectivity index (χ3v) is 3.56. The van der Waals surface area contributed by atoms with Gasteiger partial charge in [0.05, 0.1) is 0 Å². The lowest BCUT2D eigenvalue weighted by atomic mass is 10.1. The second-order valence-electron chi connectivity index (χ2n) is 2.62. The van der Waals surface area contributed by atoms with Crippen LogP contribution in [0, 0.1) is 0 Å². The van der Waals surface area contributed by atoms with Gasteiger partial charge in [0.2, 0.25) is 0 Å². The number of allylic oxidation sites excluding steroid dienone is 4. The second kappa shape index (κ2) is 2.14. The first kappa shape index (κ1) is 6.81. The summed E-state index contributed by atoms with van der Waals surface area (Å²) >= 11 is 0. The smallest absolute Gasteiger partial charge is 0.0797 e. The molecule has 0 aliphatic carbocycles. The van der Waals surface area contributed by atoms with E-state index < -0.39 is 0 Å². The molecule has 0 aromatic carbocycles. The lowest BCUT2D eigenvalue weighted by Crippen LogP contribution is -1.87. The lowest BCUT2D eigenvalue weighted by molar-refractivity contribution is 1.31. The van der Waals surface area contributed by atoms with E-state index in [0.29, 0.717) is 0 Å². The van der Waals surface area contributed by atoms with Gasteiger partial charge < -0.3 is 0 Å². The largest absolute Gasteiger partial charge is 0.110 e. The van der Waals surface area contributed by atoms with Gasteiger partial charge in [0.25, 0.3) is 0 Å². The maximum atomic E-state index is 2.23. The van der Waals surface area contributed by atoms with Crippen molar-refractivity contribution in [1.82, 2.24) is 0 Å². The first-order valence-corrected chi connectivity index (χ1v) is 4.25. The average molecular weight is 136 g/mol. The van der Waals surface area contributed by atoms with E-state index in [2.05, 4.69) is 27.7 Å². The Hall–Kier alpha value is -0.303. The van der Waals surface area contributed by atoms with Crippen LogP contribution in [0.3, 0.4) is 0 Å². The topological polar surface area (TPSA) is 0 Å². The maximum Gasteiger partial charge on any atom is 0.110 e. The molecule has 0 saturated carbocycles. The van der Waals surface area contributed by atoms with Gasteiger partial charge in [-0.05, 0) is 27.7 Å². The summed E-state index contributed by atoms with van der Waals surface area (Å²) in [5.41, 5.74) is 3.04. The van der Waals surface area contributed by atoms with Crippen LogP contribution in [0.25, 0.3) is 0 Å². The summed E-state index contributed by atoms with van der Waals surface area (Å²) < 4.78 is 0. The molecule has 0 unspecified atom stereocenters. The molecule has 0 spiro atoms. The van der Waals surface area contributed by atoms with E-state index in [1.807, 2.05) is 0 Å². The van der Waals surface area contributed by atoms with Gasteiger partial charge in [-0.25, -0.2) is 0 Å². The number of hydrogen-bond acceptors (Lipinski definition) is 0. The Morgan fingerprint density at radius 1 is 0.778 bits per heavy atom. The fourth-order valence-electron chi connectivity index (χ4n) is 1.03. The zero-order chi connectivity index (χ0) is 7.02. The predicted molar refractivity (Wildman–Crippen MR) is 42.5 cm³/mol. The molecule has 1 aliphatic rings. The molecule has 0 atom stereocenters. The van der Waals surface area contributed by atoms with Crippen molar-refractivity contribution in [2.45, 2.75) is 27.7 Å². The van der Waals surface area contributed by atoms with Gasteiger partial charge in [-0.15, -0.1) is 0 Å². The van der Waals surface area contributed by atoms with Gasteiger partial charge in [-0.1, -0.05) is 21.5 Å². The fourth-order valence-corrected chi connectivity index (χ4v) is 2.34. The molecule has 48 valence electrons. The van der Waals surface area contributed by atoms with Crippen molar-refractivity contribution in [1.29, 1.82) is 0 Å². The van der Waals surface area contributed by atoms with E-state index in [1.165, 1.54) is 11.1 Å². The van der Waals surface area contributed by atoms with E-state index in [4.69, 9.17) is 0 Å². The Kier molecular flexibility index (Phi) is 1.62. The van der Waals surface area contributed by atoms with Gasteiger partial charge in [0, 0.05) is 0 Å². The summed E-state index contributed by atoms with van der Waals surface area (Å²) in [6.07, 6.45) is 0. The van der Waals surface area contributed by atoms with Crippen molar-refractivity contribution in [3.05, 3.63) is 21.5 Å². The molecule has 0 amide bonds. The van der Waals surface area contributed by atoms with E-state index in [9.17, 15) is 0 Å². The van der Waals surface area contributed by atoms with Crippen LogP contribution >= 0.6 is 0 Å². The molecule has 1 heteroatoms.